The highest BCUT2D eigenvalue weighted by Gasteiger charge is 2.10. The molecule has 0 saturated carbocycles. The van der Waals surface area contributed by atoms with E-state index in [1.54, 1.807) is 25.1 Å². The Balaban J connectivity index is 2.55. The van der Waals surface area contributed by atoms with Gasteiger partial charge in [0.15, 0.2) is 0 Å². The number of para-hydroxylation sites is 1. The molecule has 1 aromatic rings. The number of amides is 2. The van der Waals surface area contributed by atoms with Crippen LogP contribution in [0.2, 0.25) is 0 Å². The minimum absolute atomic E-state index is 0.0213. The van der Waals surface area contributed by atoms with Crippen molar-refractivity contribution in [3.63, 3.8) is 0 Å². The van der Waals surface area contributed by atoms with Gasteiger partial charge in [-0.25, -0.2) is 4.79 Å². The molecule has 0 aliphatic carbocycles. The summed E-state index contributed by atoms with van der Waals surface area (Å²) in [5.74, 6) is 0.0213. The first-order chi connectivity index (χ1) is 9.02. The molecular formula is C12H16F2N2O3. The number of alkyl halides is 2. The highest BCUT2D eigenvalue weighted by Crippen LogP contribution is 2.19. The van der Waals surface area contributed by atoms with Crippen LogP contribution in [0, 0.1) is 0 Å². The first kappa shape index (κ1) is 15.2. The van der Waals surface area contributed by atoms with Crippen molar-refractivity contribution in [2.45, 2.75) is 26.1 Å². The molecule has 0 saturated heterocycles. The summed E-state index contributed by atoms with van der Waals surface area (Å²) in [7, 11) is 0. The number of carbonyl (C=O) groups is 1. The van der Waals surface area contributed by atoms with Gasteiger partial charge in [0, 0.05) is 12.1 Å². The third-order valence-electron chi connectivity index (χ3n) is 2.28. The summed E-state index contributed by atoms with van der Waals surface area (Å²) in [6, 6.07) is 5.32. The third-order valence-corrected chi connectivity index (χ3v) is 2.28. The fraction of sp³-hybridized carbons (Fsp3) is 0.417. The van der Waals surface area contributed by atoms with Crippen LogP contribution in [0.1, 0.15) is 12.5 Å². The second kappa shape index (κ2) is 7.52. The normalized spacial score (nSPS) is 12.1. The van der Waals surface area contributed by atoms with Crippen LogP contribution in [0.5, 0.6) is 5.75 Å². The van der Waals surface area contributed by atoms with Gasteiger partial charge in [0.05, 0.1) is 12.6 Å². The van der Waals surface area contributed by atoms with Crippen molar-refractivity contribution < 1.29 is 23.4 Å². The average molecular weight is 274 g/mol. The third kappa shape index (κ3) is 5.52. The SMILES string of the molecule is C[C@@H](CO)NC(=O)NCc1ccccc1OC(F)F. The Bertz CT molecular complexity index is 416. The number of benzene rings is 1. The van der Waals surface area contributed by atoms with Gasteiger partial charge in [-0.3, -0.25) is 0 Å². The lowest BCUT2D eigenvalue weighted by Crippen LogP contribution is -2.42. The molecule has 1 atom stereocenters. The van der Waals surface area contributed by atoms with Gasteiger partial charge in [-0.05, 0) is 13.0 Å². The number of rotatable bonds is 6. The van der Waals surface area contributed by atoms with E-state index < -0.39 is 12.6 Å². The number of hydrogen-bond donors (Lipinski definition) is 3. The van der Waals surface area contributed by atoms with E-state index >= 15 is 0 Å². The highest BCUT2D eigenvalue weighted by molar-refractivity contribution is 5.74. The van der Waals surface area contributed by atoms with Crippen LogP contribution in [0.25, 0.3) is 0 Å². The molecule has 0 aromatic heterocycles. The summed E-state index contributed by atoms with van der Waals surface area (Å²) in [6.07, 6.45) is 0. The maximum absolute atomic E-state index is 12.2. The summed E-state index contributed by atoms with van der Waals surface area (Å²) in [4.78, 5) is 11.4. The lowest BCUT2D eigenvalue weighted by atomic mass is 10.2. The Kier molecular flexibility index (Phi) is 6.01. The molecular weight excluding hydrogens is 258 g/mol. The van der Waals surface area contributed by atoms with Gasteiger partial charge in [0.1, 0.15) is 5.75 Å². The van der Waals surface area contributed by atoms with Crippen LogP contribution in [0.15, 0.2) is 24.3 Å². The summed E-state index contributed by atoms with van der Waals surface area (Å²) in [5, 5.41) is 13.7. The van der Waals surface area contributed by atoms with E-state index in [-0.39, 0.29) is 24.9 Å². The fourth-order valence-electron chi connectivity index (χ4n) is 1.36. The molecule has 0 aliphatic rings. The zero-order valence-corrected chi connectivity index (χ0v) is 10.4. The lowest BCUT2D eigenvalue weighted by molar-refractivity contribution is -0.0504. The maximum atomic E-state index is 12.2. The molecule has 0 fully saturated rings. The van der Waals surface area contributed by atoms with Gasteiger partial charge in [-0.1, -0.05) is 18.2 Å². The van der Waals surface area contributed by atoms with Gasteiger partial charge in [-0.2, -0.15) is 8.78 Å². The maximum Gasteiger partial charge on any atom is 0.387 e. The minimum atomic E-state index is -2.91. The van der Waals surface area contributed by atoms with Crippen LogP contribution >= 0.6 is 0 Å². The molecule has 0 bridgehead atoms. The second-order valence-corrected chi connectivity index (χ2v) is 3.90. The molecule has 1 rings (SSSR count). The van der Waals surface area contributed by atoms with Crippen molar-refractivity contribution in [3.8, 4) is 5.75 Å². The summed E-state index contributed by atoms with van der Waals surface area (Å²) in [5.41, 5.74) is 0.439. The molecule has 0 spiro atoms. The van der Waals surface area contributed by atoms with Gasteiger partial charge < -0.3 is 20.5 Å². The Morgan fingerprint density at radius 2 is 2.11 bits per heavy atom. The van der Waals surface area contributed by atoms with Crippen molar-refractivity contribution in [3.05, 3.63) is 29.8 Å². The summed E-state index contributed by atoms with van der Waals surface area (Å²) >= 11 is 0. The predicted molar refractivity (Wildman–Crippen MR) is 65.0 cm³/mol. The van der Waals surface area contributed by atoms with Crippen LogP contribution in [0.3, 0.4) is 0 Å². The van der Waals surface area contributed by atoms with Crippen molar-refractivity contribution in [1.82, 2.24) is 10.6 Å². The van der Waals surface area contributed by atoms with Gasteiger partial charge in [0.2, 0.25) is 0 Å². The Morgan fingerprint density at radius 1 is 1.42 bits per heavy atom. The topological polar surface area (TPSA) is 70.6 Å². The summed E-state index contributed by atoms with van der Waals surface area (Å²) in [6.45, 7) is -1.41. The molecule has 1 aromatic carbocycles. The number of urea groups is 1. The molecule has 3 N–H and O–H groups in total. The fourth-order valence-corrected chi connectivity index (χ4v) is 1.36. The molecule has 2 amide bonds. The number of halogens is 2. The molecule has 106 valence electrons. The van der Waals surface area contributed by atoms with E-state index in [0.717, 1.165) is 0 Å². The quantitative estimate of drug-likeness (QED) is 0.735. The number of aliphatic hydroxyl groups excluding tert-OH is 1. The molecule has 19 heavy (non-hydrogen) atoms. The van der Waals surface area contributed by atoms with Gasteiger partial charge >= 0.3 is 12.6 Å². The number of hydrogen-bond acceptors (Lipinski definition) is 3. The van der Waals surface area contributed by atoms with Crippen molar-refractivity contribution in [1.29, 1.82) is 0 Å². The monoisotopic (exact) mass is 274 g/mol. The first-order valence-electron chi connectivity index (χ1n) is 5.71. The number of aliphatic hydroxyl groups is 1. The van der Waals surface area contributed by atoms with E-state index in [1.807, 2.05) is 0 Å². The van der Waals surface area contributed by atoms with Crippen molar-refractivity contribution in [2.24, 2.45) is 0 Å². The van der Waals surface area contributed by atoms with Crippen molar-refractivity contribution in [2.75, 3.05) is 6.61 Å². The Hall–Kier alpha value is -1.89. The lowest BCUT2D eigenvalue weighted by Gasteiger charge is -2.14. The molecule has 0 unspecified atom stereocenters. The van der Waals surface area contributed by atoms with E-state index in [1.165, 1.54) is 6.07 Å². The average Bonchev–Trinajstić information content (AvgIpc) is 2.37. The zero-order valence-electron chi connectivity index (χ0n) is 10.4. The number of ether oxygens (including phenoxy) is 1. The zero-order chi connectivity index (χ0) is 14.3. The smallest absolute Gasteiger partial charge is 0.387 e. The van der Waals surface area contributed by atoms with Crippen LogP contribution in [-0.2, 0) is 6.54 Å². The second-order valence-electron chi connectivity index (χ2n) is 3.90. The molecule has 0 radical (unpaired) electrons. The Morgan fingerprint density at radius 3 is 2.74 bits per heavy atom. The number of nitrogens with one attached hydrogen (secondary N) is 2. The molecule has 5 nitrogen and oxygen atoms in total. The van der Waals surface area contributed by atoms with E-state index in [9.17, 15) is 13.6 Å². The van der Waals surface area contributed by atoms with E-state index in [2.05, 4.69) is 15.4 Å². The predicted octanol–water partition coefficient (Wildman–Crippen LogP) is 1.47. The van der Waals surface area contributed by atoms with Gasteiger partial charge in [-0.15, -0.1) is 0 Å². The van der Waals surface area contributed by atoms with Crippen molar-refractivity contribution >= 4 is 6.03 Å². The molecule has 7 heteroatoms. The highest BCUT2D eigenvalue weighted by atomic mass is 19.3. The number of carbonyl (C=O) groups excluding carboxylic acids is 1. The molecule has 0 heterocycles. The van der Waals surface area contributed by atoms with Crippen LogP contribution in [0.4, 0.5) is 13.6 Å². The summed E-state index contributed by atoms with van der Waals surface area (Å²) < 4.78 is 28.7. The minimum Gasteiger partial charge on any atom is -0.434 e. The van der Waals surface area contributed by atoms with E-state index in [0.29, 0.717) is 5.56 Å². The van der Waals surface area contributed by atoms with Crippen LogP contribution in [-0.4, -0.2) is 30.4 Å². The van der Waals surface area contributed by atoms with E-state index in [4.69, 9.17) is 5.11 Å². The molecule has 0 aliphatic heterocycles. The van der Waals surface area contributed by atoms with Crippen LogP contribution < -0.4 is 15.4 Å². The Labute approximate surface area is 109 Å². The van der Waals surface area contributed by atoms with Gasteiger partial charge in [0.25, 0.3) is 0 Å². The standard InChI is InChI=1S/C12H16F2N2O3/c1-8(7-17)16-12(18)15-6-9-4-2-3-5-10(9)19-11(13)14/h2-5,8,11,17H,6-7H2,1H3,(H2,15,16,18)/t8-/m0/s1. The first-order valence-corrected chi connectivity index (χ1v) is 5.71. The largest absolute Gasteiger partial charge is 0.434 e.